The second-order valence-corrected chi connectivity index (χ2v) is 8.11. The molecule has 158 valence electrons. The number of hydrogen-bond acceptors (Lipinski definition) is 0. The maximum atomic E-state index is 16.0. The third kappa shape index (κ3) is 2.47. The normalized spacial score (nSPS) is 17.8. The first kappa shape index (κ1) is 20.7. The molecule has 30 heavy (non-hydrogen) atoms. The first-order chi connectivity index (χ1) is 14.1. The van der Waals surface area contributed by atoms with Crippen LogP contribution in [0, 0.1) is 25.5 Å². The molecular weight excluding hydrogens is 391 g/mol. The highest BCUT2D eigenvalue weighted by Crippen LogP contribution is 2.47. The molecule has 0 saturated carbocycles. The Balaban J connectivity index is 2.25. The first-order valence-corrected chi connectivity index (χ1v) is 10.3. The molecule has 0 radical (unpaired) electrons. The largest absolute Gasteiger partial charge is 0.737 e. The van der Waals surface area contributed by atoms with Gasteiger partial charge in [0.15, 0.2) is 5.70 Å². The fraction of sp³-hybridized carbons (Fsp3) is 0.348. The lowest BCUT2D eigenvalue weighted by atomic mass is 9.83. The molecule has 0 spiro atoms. The Morgan fingerprint density at radius 2 is 1.67 bits per heavy atom. The molecular formula is C23H25BF4N2. The molecule has 1 aromatic heterocycles. The van der Waals surface area contributed by atoms with Gasteiger partial charge in [0.25, 0.3) is 0 Å². The fourth-order valence-electron chi connectivity index (χ4n) is 5.43. The van der Waals surface area contributed by atoms with E-state index in [1.165, 1.54) is 12.1 Å². The summed E-state index contributed by atoms with van der Waals surface area (Å²) in [6.07, 6.45) is 1.19. The van der Waals surface area contributed by atoms with Crippen LogP contribution >= 0.6 is 0 Å². The first-order valence-electron chi connectivity index (χ1n) is 10.3. The zero-order valence-electron chi connectivity index (χ0n) is 18.1. The van der Waals surface area contributed by atoms with E-state index in [1.807, 2.05) is 27.7 Å². The van der Waals surface area contributed by atoms with Gasteiger partial charge in [-0.25, -0.2) is 8.78 Å². The van der Waals surface area contributed by atoms with E-state index in [4.69, 9.17) is 0 Å². The van der Waals surface area contributed by atoms with Crippen molar-refractivity contribution >= 4 is 18.3 Å². The highest BCUT2D eigenvalue weighted by molar-refractivity contribution is 6.58. The van der Waals surface area contributed by atoms with Crippen LogP contribution in [-0.2, 0) is 6.42 Å². The van der Waals surface area contributed by atoms with E-state index in [9.17, 15) is 8.78 Å². The van der Waals surface area contributed by atoms with Crippen LogP contribution in [-0.4, -0.2) is 21.6 Å². The molecule has 0 aliphatic carbocycles. The van der Waals surface area contributed by atoms with Crippen molar-refractivity contribution in [2.75, 3.05) is 0 Å². The molecule has 1 aromatic carbocycles. The van der Waals surface area contributed by atoms with Crippen molar-refractivity contribution in [3.05, 3.63) is 74.8 Å². The molecule has 2 nitrogen and oxygen atoms in total. The van der Waals surface area contributed by atoms with Crippen LogP contribution in [0.1, 0.15) is 62.2 Å². The van der Waals surface area contributed by atoms with E-state index in [-0.39, 0.29) is 5.56 Å². The minimum Gasteiger partial charge on any atom is -0.393 e. The van der Waals surface area contributed by atoms with Crippen molar-refractivity contribution in [1.29, 1.82) is 0 Å². The number of rotatable bonds is 3. The molecule has 0 fully saturated rings. The van der Waals surface area contributed by atoms with Gasteiger partial charge in [-0.2, -0.15) is 0 Å². The van der Waals surface area contributed by atoms with Crippen LogP contribution in [0.5, 0.6) is 0 Å². The van der Waals surface area contributed by atoms with Crippen LogP contribution in [0.3, 0.4) is 0 Å². The molecule has 3 heterocycles. The SMILES string of the molecule is CCC1=C(C)C2=C(c3ccc(F)cc3F)c3c(C)c(CC)c(C)n3[B-](F)(F)[N+]2=C1C. The second kappa shape index (κ2) is 6.72. The summed E-state index contributed by atoms with van der Waals surface area (Å²) in [6, 6.07) is 3.34. The van der Waals surface area contributed by atoms with E-state index >= 15 is 8.63 Å². The van der Waals surface area contributed by atoms with Crippen molar-refractivity contribution in [3.8, 4) is 0 Å². The lowest BCUT2D eigenvalue weighted by molar-refractivity contribution is -0.363. The molecule has 0 bridgehead atoms. The van der Waals surface area contributed by atoms with Gasteiger partial charge in [-0.1, -0.05) is 13.8 Å². The van der Waals surface area contributed by atoms with Crippen LogP contribution < -0.4 is 0 Å². The number of aromatic nitrogens is 1. The van der Waals surface area contributed by atoms with Crippen molar-refractivity contribution < 1.29 is 21.9 Å². The summed E-state index contributed by atoms with van der Waals surface area (Å²) in [5, 5.41) is 0. The molecule has 2 aromatic rings. The Morgan fingerprint density at radius 1 is 1.00 bits per heavy atom. The zero-order chi connectivity index (χ0) is 22.1. The van der Waals surface area contributed by atoms with Crippen LogP contribution in [0.4, 0.5) is 17.4 Å². The summed E-state index contributed by atoms with van der Waals surface area (Å²) >= 11 is 0. The molecule has 0 saturated heterocycles. The van der Waals surface area contributed by atoms with E-state index in [2.05, 4.69) is 0 Å². The molecule has 2 aliphatic rings. The highest BCUT2D eigenvalue weighted by Gasteiger charge is 2.56. The average Bonchev–Trinajstić information content (AvgIpc) is 3.08. The maximum Gasteiger partial charge on any atom is 0.737 e. The predicted octanol–water partition coefficient (Wildman–Crippen LogP) is 6.15. The third-order valence-corrected chi connectivity index (χ3v) is 6.70. The van der Waals surface area contributed by atoms with Gasteiger partial charge in [0.05, 0.1) is 5.57 Å². The van der Waals surface area contributed by atoms with E-state index in [0.717, 1.165) is 37.3 Å². The van der Waals surface area contributed by atoms with Gasteiger partial charge < -0.3 is 17.6 Å². The Kier molecular flexibility index (Phi) is 4.64. The second-order valence-electron chi connectivity index (χ2n) is 8.11. The van der Waals surface area contributed by atoms with Crippen molar-refractivity contribution in [2.24, 2.45) is 0 Å². The van der Waals surface area contributed by atoms with Gasteiger partial charge in [-0.3, -0.25) is 0 Å². The summed E-state index contributed by atoms with van der Waals surface area (Å²) in [4.78, 5) is 0. The molecule has 7 heteroatoms. The van der Waals surface area contributed by atoms with Gasteiger partial charge in [0.1, 0.15) is 17.3 Å². The minimum absolute atomic E-state index is 0.136. The standard InChI is InChI=1S/C23H25BF4N2/c1-7-17-12(3)22-21(19-10-9-16(25)11-20(19)26)23-13(4)18(8-2)15(6)30(23)24(27,28)29(22)14(17)5/h9-11H,7-8H2,1-6H3. The van der Waals surface area contributed by atoms with E-state index in [0.29, 0.717) is 41.2 Å². The number of hydrogen-bond donors (Lipinski definition) is 0. The summed E-state index contributed by atoms with van der Waals surface area (Å²) in [6.45, 7) is 6.71. The van der Waals surface area contributed by atoms with E-state index in [1.54, 1.807) is 13.8 Å². The van der Waals surface area contributed by atoms with Crippen LogP contribution in [0.15, 0.2) is 35.0 Å². The van der Waals surface area contributed by atoms with Crippen molar-refractivity contribution in [2.45, 2.75) is 54.4 Å². The molecule has 2 aliphatic heterocycles. The Hall–Kier alpha value is -2.57. The van der Waals surface area contributed by atoms with Gasteiger partial charge in [-0.05, 0) is 62.6 Å². The van der Waals surface area contributed by atoms with Crippen LogP contribution in [0.25, 0.3) is 5.57 Å². The van der Waals surface area contributed by atoms with Crippen molar-refractivity contribution in [1.82, 2.24) is 4.48 Å². The topological polar surface area (TPSA) is 7.94 Å². The van der Waals surface area contributed by atoms with Gasteiger partial charge >= 0.3 is 6.97 Å². The molecule has 0 atom stereocenters. The minimum atomic E-state index is -4.16. The Labute approximate surface area is 174 Å². The summed E-state index contributed by atoms with van der Waals surface area (Å²) in [7, 11) is 0. The van der Waals surface area contributed by atoms with Crippen LogP contribution in [0.2, 0.25) is 0 Å². The summed E-state index contributed by atoms with van der Waals surface area (Å²) < 4.78 is 62.9. The Bertz CT molecular complexity index is 1200. The molecule has 0 N–H and O–H groups in total. The summed E-state index contributed by atoms with van der Waals surface area (Å²) in [5.74, 6) is -1.45. The highest BCUT2D eigenvalue weighted by atomic mass is 19.2. The number of allylic oxidation sites excluding steroid dienone is 2. The number of nitrogens with zero attached hydrogens (tertiary/aromatic N) is 2. The lowest BCUT2D eigenvalue weighted by Gasteiger charge is -2.34. The molecule has 0 unspecified atom stereocenters. The Morgan fingerprint density at radius 3 is 2.23 bits per heavy atom. The van der Waals surface area contributed by atoms with Gasteiger partial charge in [0.2, 0.25) is 0 Å². The predicted molar refractivity (Wildman–Crippen MR) is 113 cm³/mol. The van der Waals surface area contributed by atoms with E-state index < -0.39 is 18.6 Å². The zero-order valence-corrected chi connectivity index (χ0v) is 18.1. The monoisotopic (exact) mass is 416 g/mol. The number of halogens is 4. The third-order valence-electron chi connectivity index (χ3n) is 6.70. The number of benzene rings is 1. The molecule has 0 amide bonds. The van der Waals surface area contributed by atoms with Gasteiger partial charge in [-0.15, -0.1) is 0 Å². The molecule has 4 rings (SSSR count). The quantitative estimate of drug-likeness (QED) is 0.419. The van der Waals surface area contributed by atoms with Crippen molar-refractivity contribution in [3.63, 3.8) is 0 Å². The smallest absolute Gasteiger partial charge is 0.393 e. The maximum absolute atomic E-state index is 16.0. The fourth-order valence-corrected chi connectivity index (χ4v) is 5.43. The lowest BCUT2D eigenvalue weighted by Crippen LogP contribution is -2.51. The van der Waals surface area contributed by atoms with Gasteiger partial charge in [0, 0.05) is 35.4 Å². The summed E-state index contributed by atoms with van der Waals surface area (Å²) in [5.41, 5.74) is 5.29. The number of fused-ring (bicyclic) bond motifs is 2. The average molecular weight is 416 g/mol.